The summed E-state index contributed by atoms with van der Waals surface area (Å²) in [6.07, 6.45) is 4.55. The van der Waals surface area contributed by atoms with Crippen LogP contribution in [0.4, 0.5) is 0 Å². The second kappa shape index (κ2) is 6.24. The summed E-state index contributed by atoms with van der Waals surface area (Å²) in [6.45, 7) is 1.10. The normalized spacial score (nSPS) is 16.7. The van der Waals surface area contributed by atoms with E-state index in [1.807, 2.05) is 6.07 Å². The first kappa shape index (κ1) is 15.3. The molecule has 1 aliphatic rings. The van der Waals surface area contributed by atoms with Gasteiger partial charge in [0.25, 0.3) is 0 Å². The van der Waals surface area contributed by atoms with Gasteiger partial charge in [0.1, 0.15) is 4.90 Å². The first-order valence-electron chi connectivity index (χ1n) is 6.98. The van der Waals surface area contributed by atoms with E-state index in [0.717, 1.165) is 19.3 Å². The van der Waals surface area contributed by atoms with Gasteiger partial charge in [-0.05, 0) is 25.0 Å². The standard InChI is InChI=1S/C13H15N5O2S2/c14-6-10-21-13-16-15-12-11(5-4-9-18(12)13)22(19,20)17-7-2-1-3-8-17/h4-5,9H,1-3,7-8,10H2. The molecule has 1 fully saturated rings. The lowest BCUT2D eigenvalue weighted by Crippen LogP contribution is -2.35. The van der Waals surface area contributed by atoms with Crippen LogP contribution in [0, 0.1) is 11.3 Å². The smallest absolute Gasteiger partial charge is 0.246 e. The Kier molecular flexibility index (Phi) is 4.33. The largest absolute Gasteiger partial charge is 0.276 e. The molecule has 0 aromatic carbocycles. The Hall–Kier alpha value is -1.63. The molecule has 2 aromatic rings. The maximum atomic E-state index is 12.8. The number of hydrogen-bond acceptors (Lipinski definition) is 6. The highest BCUT2D eigenvalue weighted by Gasteiger charge is 2.29. The Morgan fingerprint density at radius 2 is 2.05 bits per heavy atom. The van der Waals surface area contributed by atoms with Gasteiger partial charge in [0, 0.05) is 19.3 Å². The number of thioether (sulfide) groups is 1. The van der Waals surface area contributed by atoms with Crippen molar-refractivity contribution in [2.24, 2.45) is 0 Å². The summed E-state index contributed by atoms with van der Waals surface area (Å²) >= 11 is 1.23. The van der Waals surface area contributed by atoms with Crippen LogP contribution in [-0.2, 0) is 10.0 Å². The number of nitriles is 1. The molecule has 0 bridgehead atoms. The number of pyridine rings is 1. The van der Waals surface area contributed by atoms with Crippen molar-refractivity contribution in [3.63, 3.8) is 0 Å². The fraction of sp³-hybridized carbons (Fsp3) is 0.462. The molecule has 9 heteroatoms. The molecule has 22 heavy (non-hydrogen) atoms. The van der Waals surface area contributed by atoms with Crippen LogP contribution in [0.5, 0.6) is 0 Å². The van der Waals surface area contributed by atoms with Crippen molar-refractivity contribution in [1.29, 1.82) is 5.26 Å². The van der Waals surface area contributed by atoms with Gasteiger partial charge in [-0.2, -0.15) is 9.57 Å². The second-order valence-corrected chi connectivity index (χ2v) is 7.81. The predicted octanol–water partition coefficient (Wildman–Crippen LogP) is 1.52. The maximum absolute atomic E-state index is 12.8. The third-order valence-corrected chi connectivity index (χ3v) is 6.30. The fourth-order valence-electron chi connectivity index (χ4n) is 2.51. The first-order valence-corrected chi connectivity index (χ1v) is 9.41. The minimum absolute atomic E-state index is 0.174. The van der Waals surface area contributed by atoms with Gasteiger partial charge in [-0.3, -0.25) is 4.40 Å². The topological polar surface area (TPSA) is 91.4 Å². The summed E-state index contributed by atoms with van der Waals surface area (Å²) < 4.78 is 28.8. The van der Waals surface area contributed by atoms with Crippen LogP contribution in [0.1, 0.15) is 19.3 Å². The zero-order valence-corrected chi connectivity index (χ0v) is 13.5. The molecular formula is C13H15N5O2S2. The van der Waals surface area contributed by atoms with E-state index in [9.17, 15) is 8.42 Å². The minimum Gasteiger partial charge on any atom is -0.276 e. The number of sulfonamides is 1. The average Bonchev–Trinajstić information content (AvgIpc) is 2.96. The third-order valence-electron chi connectivity index (χ3n) is 3.57. The SMILES string of the molecule is N#CCSc1nnc2c(S(=O)(=O)N3CCCCC3)cccn12. The zero-order valence-electron chi connectivity index (χ0n) is 11.8. The number of rotatable bonds is 4. The van der Waals surface area contributed by atoms with Crippen LogP contribution in [0.25, 0.3) is 5.65 Å². The van der Waals surface area contributed by atoms with Crippen molar-refractivity contribution in [3.05, 3.63) is 18.3 Å². The van der Waals surface area contributed by atoms with Gasteiger partial charge in [0.05, 0.1) is 11.8 Å². The Morgan fingerprint density at radius 1 is 1.27 bits per heavy atom. The molecule has 3 heterocycles. The molecule has 0 aliphatic carbocycles. The van der Waals surface area contributed by atoms with Crippen LogP contribution in [0.15, 0.2) is 28.4 Å². The third kappa shape index (κ3) is 2.69. The minimum atomic E-state index is -3.56. The molecule has 7 nitrogen and oxygen atoms in total. The highest BCUT2D eigenvalue weighted by Crippen LogP contribution is 2.25. The average molecular weight is 337 g/mol. The lowest BCUT2D eigenvalue weighted by atomic mass is 10.2. The maximum Gasteiger partial charge on any atom is 0.246 e. The quantitative estimate of drug-likeness (QED) is 0.786. The molecule has 0 saturated carbocycles. The molecule has 0 N–H and O–H groups in total. The zero-order chi connectivity index (χ0) is 15.6. The molecule has 1 saturated heterocycles. The molecule has 0 atom stereocenters. The van der Waals surface area contributed by atoms with E-state index in [4.69, 9.17) is 5.26 Å². The highest BCUT2D eigenvalue weighted by molar-refractivity contribution is 7.99. The summed E-state index contributed by atoms with van der Waals surface area (Å²) in [5.41, 5.74) is 0.313. The van der Waals surface area contributed by atoms with E-state index in [0.29, 0.717) is 23.9 Å². The van der Waals surface area contributed by atoms with E-state index in [2.05, 4.69) is 10.2 Å². The molecule has 0 amide bonds. The molecule has 116 valence electrons. The van der Waals surface area contributed by atoms with Gasteiger partial charge >= 0.3 is 0 Å². The van der Waals surface area contributed by atoms with Crippen molar-refractivity contribution in [2.45, 2.75) is 29.3 Å². The number of nitrogens with zero attached hydrogens (tertiary/aromatic N) is 5. The molecule has 0 unspecified atom stereocenters. The van der Waals surface area contributed by atoms with E-state index in [1.54, 1.807) is 22.7 Å². The predicted molar refractivity (Wildman–Crippen MR) is 81.9 cm³/mol. The number of fused-ring (bicyclic) bond motifs is 1. The summed E-state index contributed by atoms with van der Waals surface area (Å²) in [5, 5.41) is 17.2. The van der Waals surface area contributed by atoms with E-state index < -0.39 is 10.0 Å². The van der Waals surface area contributed by atoms with E-state index in [-0.39, 0.29) is 10.6 Å². The van der Waals surface area contributed by atoms with Crippen molar-refractivity contribution < 1.29 is 8.42 Å². The fourth-order valence-corrected chi connectivity index (χ4v) is 4.73. The summed E-state index contributed by atoms with van der Waals surface area (Å²) in [7, 11) is -3.56. The van der Waals surface area contributed by atoms with Gasteiger partial charge in [-0.1, -0.05) is 18.2 Å². The molecule has 3 rings (SSSR count). The van der Waals surface area contributed by atoms with Crippen LogP contribution in [0.2, 0.25) is 0 Å². The van der Waals surface area contributed by atoms with Crippen LogP contribution in [-0.4, -0.2) is 46.2 Å². The summed E-state index contributed by atoms with van der Waals surface area (Å²) in [4.78, 5) is 0.174. The van der Waals surface area contributed by atoms with Crippen LogP contribution in [0.3, 0.4) is 0 Å². The molecule has 0 radical (unpaired) electrons. The van der Waals surface area contributed by atoms with Crippen molar-refractivity contribution in [2.75, 3.05) is 18.8 Å². The number of hydrogen-bond donors (Lipinski definition) is 0. The van der Waals surface area contributed by atoms with Gasteiger partial charge in [-0.15, -0.1) is 10.2 Å². The second-order valence-electron chi connectivity index (χ2n) is 4.96. The monoisotopic (exact) mass is 337 g/mol. The summed E-state index contributed by atoms with van der Waals surface area (Å²) in [6, 6.07) is 5.26. The highest BCUT2D eigenvalue weighted by atomic mass is 32.2. The van der Waals surface area contributed by atoms with Crippen LogP contribution < -0.4 is 0 Å². The Labute approximate surface area is 133 Å². The lowest BCUT2D eigenvalue weighted by molar-refractivity contribution is 0.347. The Bertz CT molecular complexity index is 819. The van der Waals surface area contributed by atoms with E-state index in [1.165, 1.54) is 16.1 Å². The molecular weight excluding hydrogens is 322 g/mol. The molecule has 0 spiro atoms. The Morgan fingerprint density at radius 3 is 2.77 bits per heavy atom. The van der Waals surface area contributed by atoms with Gasteiger partial charge < -0.3 is 0 Å². The van der Waals surface area contributed by atoms with E-state index >= 15 is 0 Å². The lowest BCUT2D eigenvalue weighted by Gasteiger charge is -2.25. The number of piperidine rings is 1. The van der Waals surface area contributed by atoms with Gasteiger partial charge in [0.15, 0.2) is 10.8 Å². The van der Waals surface area contributed by atoms with Crippen molar-refractivity contribution in [3.8, 4) is 6.07 Å². The van der Waals surface area contributed by atoms with Gasteiger partial charge in [0.2, 0.25) is 10.0 Å². The Balaban J connectivity index is 2.04. The van der Waals surface area contributed by atoms with Crippen LogP contribution >= 0.6 is 11.8 Å². The molecule has 2 aromatic heterocycles. The van der Waals surface area contributed by atoms with Crippen molar-refractivity contribution in [1.82, 2.24) is 18.9 Å². The van der Waals surface area contributed by atoms with Crippen molar-refractivity contribution >= 4 is 27.4 Å². The number of aromatic nitrogens is 3. The molecule has 1 aliphatic heterocycles. The first-order chi connectivity index (χ1) is 10.6. The summed E-state index contributed by atoms with van der Waals surface area (Å²) in [5.74, 6) is 0.240. The van der Waals surface area contributed by atoms with Gasteiger partial charge in [-0.25, -0.2) is 8.42 Å².